The quantitative estimate of drug-likeness (QED) is 0.292. The fraction of sp³-hybridized carbons (Fsp3) is 0.367. The summed E-state index contributed by atoms with van der Waals surface area (Å²) in [6, 6.07) is 11.7. The second-order valence-electron chi connectivity index (χ2n) is 11.1. The van der Waals surface area contributed by atoms with Crippen LogP contribution in [0.2, 0.25) is 0 Å². The summed E-state index contributed by atoms with van der Waals surface area (Å²) in [4.78, 5) is 30.0. The third-order valence-electron chi connectivity index (χ3n) is 6.89. The highest BCUT2D eigenvalue weighted by Gasteiger charge is 2.45. The lowest BCUT2D eigenvalue weighted by molar-refractivity contribution is -0.123. The van der Waals surface area contributed by atoms with E-state index in [9.17, 15) is 24.2 Å². The number of nitrogens with one attached hydrogen (secondary N) is 1. The highest BCUT2D eigenvalue weighted by Crippen LogP contribution is 2.45. The molecule has 0 saturated carbocycles. The van der Waals surface area contributed by atoms with Gasteiger partial charge in [-0.25, -0.2) is 9.37 Å². The maximum absolute atomic E-state index is 13.6. The summed E-state index contributed by atoms with van der Waals surface area (Å²) in [5.74, 6) is -0.580. The zero-order valence-electron chi connectivity index (χ0n) is 23.6. The minimum atomic E-state index is -1.69. The van der Waals surface area contributed by atoms with E-state index in [1.165, 1.54) is 50.4 Å². The molecule has 3 aromatic rings. The van der Waals surface area contributed by atoms with Gasteiger partial charge >= 0.3 is 0 Å². The van der Waals surface area contributed by atoms with E-state index in [-0.39, 0.29) is 31.0 Å². The van der Waals surface area contributed by atoms with Gasteiger partial charge in [-0.2, -0.15) is 0 Å². The van der Waals surface area contributed by atoms with Crippen LogP contribution in [-0.2, 0) is 15.8 Å². The van der Waals surface area contributed by atoms with Gasteiger partial charge in [0.2, 0.25) is 5.91 Å². The summed E-state index contributed by atoms with van der Waals surface area (Å²) in [7, 11) is 1.43. The molecule has 2 heterocycles. The largest absolute Gasteiger partial charge is 0.493 e. The maximum Gasteiger partial charge on any atom is 0.251 e. The van der Waals surface area contributed by atoms with Crippen molar-refractivity contribution in [3.05, 3.63) is 71.2 Å². The normalized spacial score (nSPS) is 17.7. The fourth-order valence-corrected chi connectivity index (χ4v) is 4.29. The van der Waals surface area contributed by atoms with Crippen LogP contribution in [0, 0.1) is 5.82 Å². The number of carbonyl (C=O) groups is 2. The molecule has 1 aliphatic heterocycles. The third kappa shape index (κ3) is 6.26. The number of fused-ring (bicyclic) bond motifs is 1. The monoisotopic (exact) mass is 567 g/mol. The van der Waals surface area contributed by atoms with Gasteiger partial charge in [-0.05, 0) is 76.2 Å². The van der Waals surface area contributed by atoms with Crippen LogP contribution in [0.25, 0.3) is 11.3 Å². The van der Waals surface area contributed by atoms with Crippen molar-refractivity contribution in [1.29, 1.82) is 0 Å². The summed E-state index contributed by atoms with van der Waals surface area (Å²) in [5.41, 5.74) is 3.43. The molecule has 0 bridgehead atoms. The highest BCUT2D eigenvalue weighted by molar-refractivity contribution is 5.95. The Kier molecular flexibility index (Phi) is 7.97. The Morgan fingerprint density at radius 3 is 2.41 bits per heavy atom. The number of amides is 2. The minimum Gasteiger partial charge on any atom is -0.493 e. The topological polar surface area (TPSA) is 153 Å². The van der Waals surface area contributed by atoms with Crippen LogP contribution in [0.4, 0.5) is 4.39 Å². The van der Waals surface area contributed by atoms with E-state index in [0.717, 1.165) is 0 Å². The molecular weight excluding hydrogens is 533 g/mol. The molecule has 4 rings (SSSR count). The van der Waals surface area contributed by atoms with Gasteiger partial charge in [-0.1, -0.05) is 0 Å². The molecule has 218 valence electrons. The Morgan fingerprint density at radius 1 is 1.12 bits per heavy atom. The molecule has 0 fully saturated rings. The van der Waals surface area contributed by atoms with E-state index in [4.69, 9.17) is 19.9 Å². The van der Waals surface area contributed by atoms with Gasteiger partial charge < -0.3 is 35.5 Å². The van der Waals surface area contributed by atoms with Crippen molar-refractivity contribution < 1.29 is 38.4 Å². The molecular formula is C30H34FN3O7. The number of aliphatic hydroxyl groups is 2. The van der Waals surface area contributed by atoms with Gasteiger partial charge in [-0.15, -0.1) is 0 Å². The van der Waals surface area contributed by atoms with E-state index in [2.05, 4.69) is 10.3 Å². The van der Waals surface area contributed by atoms with Crippen molar-refractivity contribution in [3.63, 3.8) is 0 Å². The number of hydrogen-bond acceptors (Lipinski definition) is 8. The van der Waals surface area contributed by atoms with Crippen LogP contribution in [0.15, 0.2) is 48.5 Å². The van der Waals surface area contributed by atoms with E-state index in [1.54, 1.807) is 32.9 Å². The Bertz CT molecular complexity index is 1470. The van der Waals surface area contributed by atoms with Gasteiger partial charge in [0.1, 0.15) is 41.5 Å². The molecule has 2 atom stereocenters. The second kappa shape index (κ2) is 11.0. The molecule has 2 aromatic carbocycles. The number of aromatic nitrogens is 1. The van der Waals surface area contributed by atoms with Gasteiger partial charge in [0.15, 0.2) is 11.5 Å². The third-order valence-corrected chi connectivity index (χ3v) is 6.89. The van der Waals surface area contributed by atoms with Crippen molar-refractivity contribution in [2.45, 2.75) is 44.3 Å². The maximum atomic E-state index is 13.6. The Balaban J connectivity index is 1.62. The van der Waals surface area contributed by atoms with E-state index in [1.807, 2.05) is 0 Å². The predicted molar refractivity (Wildman–Crippen MR) is 148 cm³/mol. The number of benzene rings is 2. The number of rotatable bonds is 10. The van der Waals surface area contributed by atoms with Crippen molar-refractivity contribution in [2.75, 3.05) is 26.9 Å². The molecule has 0 aliphatic carbocycles. The van der Waals surface area contributed by atoms with E-state index in [0.29, 0.717) is 34.1 Å². The molecule has 0 radical (unpaired) electrons. The molecule has 0 unspecified atom stereocenters. The molecule has 11 heteroatoms. The van der Waals surface area contributed by atoms with Crippen LogP contribution in [0.3, 0.4) is 0 Å². The van der Waals surface area contributed by atoms with Crippen molar-refractivity contribution in [3.8, 4) is 28.5 Å². The second-order valence-corrected chi connectivity index (χ2v) is 11.1. The molecule has 1 aromatic heterocycles. The predicted octanol–water partition coefficient (Wildman–Crippen LogP) is 2.82. The molecule has 1 aliphatic rings. The van der Waals surface area contributed by atoms with Crippen LogP contribution in [0.5, 0.6) is 17.2 Å². The number of methoxy groups -OCH3 is 1. The van der Waals surface area contributed by atoms with Crippen LogP contribution in [0.1, 0.15) is 49.3 Å². The van der Waals surface area contributed by atoms with Gasteiger partial charge in [0, 0.05) is 16.7 Å². The van der Waals surface area contributed by atoms with Crippen molar-refractivity contribution in [1.82, 2.24) is 10.3 Å². The first-order valence-corrected chi connectivity index (χ1v) is 12.9. The van der Waals surface area contributed by atoms with Gasteiger partial charge in [0.05, 0.1) is 24.9 Å². The molecule has 5 N–H and O–H groups in total. The molecule has 2 amide bonds. The first-order valence-electron chi connectivity index (χ1n) is 12.9. The SMILES string of the molecule is COc1cc(C(=O)NC[C@](C)(O)c2cc3c(c(-c4ccc(F)cc4)n2)OC[C@]3(C)C(N)=O)ccc1OCC(C)(C)O. The van der Waals surface area contributed by atoms with Crippen LogP contribution in [-0.4, -0.2) is 59.5 Å². The van der Waals surface area contributed by atoms with Crippen molar-refractivity contribution in [2.24, 2.45) is 5.73 Å². The summed E-state index contributed by atoms with van der Waals surface area (Å²) in [6.07, 6.45) is 0. The fourth-order valence-electron chi connectivity index (χ4n) is 4.29. The molecule has 0 saturated heterocycles. The molecule has 41 heavy (non-hydrogen) atoms. The molecule has 0 spiro atoms. The minimum absolute atomic E-state index is 0.0191. The average Bonchev–Trinajstić information content (AvgIpc) is 3.28. The van der Waals surface area contributed by atoms with Gasteiger partial charge in [0.25, 0.3) is 5.91 Å². The summed E-state index contributed by atoms with van der Waals surface area (Å²) >= 11 is 0. The van der Waals surface area contributed by atoms with E-state index < -0.39 is 34.2 Å². The Morgan fingerprint density at radius 2 is 1.80 bits per heavy atom. The zero-order chi connectivity index (χ0) is 30.2. The van der Waals surface area contributed by atoms with Crippen LogP contribution >= 0.6 is 0 Å². The number of ether oxygens (including phenoxy) is 3. The summed E-state index contributed by atoms with van der Waals surface area (Å²) < 4.78 is 30.4. The number of hydrogen-bond donors (Lipinski definition) is 4. The number of nitrogens with zero attached hydrogens (tertiary/aromatic N) is 1. The average molecular weight is 568 g/mol. The number of carbonyl (C=O) groups excluding carboxylic acids is 2. The zero-order valence-corrected chi connectivity index (χ0v) is 23.6. The molecule has 10 nitrogen and oxygen atoms in total. The standard InChI is InChI=1S/C30H34FN3O7/c1-28(2,37)15-40-21-11-8-18(12-22(21)39-5)26(35)33-14-30(4,38)23-13-20-25(41-16-29(20,3)27(32)36)24(34-23)17-6-9-19(31)10-7-17/h6-13,37-38H,14-16H2,1-5H3,(H2,32,36)(H,33,35)/t29-,30-/m0/s1. The lowest BCUT2D eigenvalue weighted by Gasteiger charge is -2.26. The van der Waals surface area contributed by atoms with Gasteiger partial charge in [-0.3, -0.25) is 9.59 Å². The number of primary amides is 1. The number of pyridine rings is 1. The highest BCUT2D eigenvalue weighted by atomic mass is 19.1. The van der Waals surface area contributed by atoms with Crippen LogP contribution < -0.4 is 25.3 Å². The lowest BCUT2D eigenvalue weighted by Crippen LogP contribution is -2.41. The van der Waals surface area contributed by atoms with Crippen molar-refractivity contribution >= 4 is 11.8 Å². The first kappa shape index (κ1) is 29.8. The number of halogens is 1. The smallest absolute Gasteiger partial charge is 0.251 e. The van der Waals surface area contributed by atoms with E-state index >= 15 is 0 Å². The summed E-state index contributed by atoms with van der Waals surface area (Å²) in [5, 5.41) is 24.1. The first-order chi connectivity index (χ1) is 19.1. The summed E-state index contributed by atoms with van der Waals surface area (Å²) in [6.45, 7) is 6.08. The Hall–Kier alpha value is -4.22. The Labute approximate surface area is 237 Å². The lowest BCUT2D eigenvalue weighted by atomic mass is 9.82. The number of nitrogens with two attached hydrogens (primary N) is 1.